The maximum absolute atomic E-state index is 12.3. The molecule has 0 unspecified atom stereocenters. The predicted octanol–water partition coefficient (Wildman–Crippen LogP) is 1.85. The second-order valence-electron chi connectivity index (χ2n) is 7.35. The summed E-state index contributed by atoms with van der Waals surface area (Å²) < 4.78 is 5.83. The Hall–Kier alpha value is -2.18. The predicted molar refractivity (Wildman–Crippen MR) is 102 cm³/mol. The molecule has 2 amide bonds. The van der Waals surface area contributed by atoms with Crippen LogP contribution in [0.1, 0.15) is 44.2 Å². The number of hydrogen-bond donors (Lipinski definition) is 3. The smallest absolute Gasteiger partial charge is 0.223 e. The van der Waals surface area contributed by atoms with Crippen molar-refractivity contribution in [2.45, 2.75) is 56.9 Å². The van der Waals surface area contributed by atoms with E-state index in [0.29, 0.717) is 0 Å². The number of hydrogen-bond acceptors (Lipinski definition) is 4. The highest BCUT2D eigenvalue weighted by Crippen LogP contribution is 2.27. The molecule has 1 aliphatic heterocycles. The highest BCUT2D eigenvalue weighted by molar-refractivity contribution is 5.80. The molecule has 6 nitrogen and oxygen atoms in total. The van der Waals surface area contributed by atoms with Crippen molar-refractivity contribution in [2.24, 2.45) is 5.92 Å². The highest BCUT2D eigenvalue weighted by atomic mass is 16.5. The second kappa shape index (κ2) is 9.15. The summed E-state index contributed by atoms with van der Waals surface area (Å²) in [6.45, 7) is 1.73. The molecular formula is C21H28N2O4. The van der Waals surface area contributed by atoms with Crippen molar-refractivity contribution in [2.75, 3.05) is 6.61 Å². The number of aliphatic hydroxyl groups excluding tert-OH is 1. The van der Waals surface area contributed by atoms with Gasteiger partial charge in [-0.1, -0.05) is 48.9 Å². The number of carbonyl (C=O) groups excluding carboxylic acids is 2. The fourth-order valence-electron chi connectivity index (χ4n) is 3.40. The lowest BCUT2D eigenvalue weighted by molar-refractivity contribution is -0.132. The maximum atomic E-state index is 12.3. The fourth-order valence-corrected chi connectivity index (χ4v) is 3.40. The zero-order valence-corrected chi connectivity index (χ0v) is 15.6. The molecule has 27 heavy (non-hydrogen) atoms. The molecule has 0 saturated heterocycles. The van der Waals surface area contributed by atoms with Crippen molar-refractivity contribution in [3.63, 3.8) is 0 Å². The molecule has 1 fully saturated rings. The molecule has 1 aromatic rings. The van der Waals surface area contributed by atoms with E-state index in [-0.39, 0.29) is 42.8 Å². The molecule has 146 valence electrons. The summed E-state index contributed by atoms with van der Waals surface area (Å²) in [5.74, 6) is -0.0128. The molecule has 1 aliphatic carbocycles. The van der Waals surface area contributed by atoms with Gasteiger partial charge in [-0.15, -0.1) is 0 Å². The average Bonchev–Trinajstić information content (AvgIpc) is 2.62. The van der Waals surface area contributed by atoms with Gasteiger partial charge in [0.1, 0.15) is 6.10 Å². The third kappa shape index (κ3) is 5.17. The molecule has 0 aromatic heterocycles. The molecule has 3 rings (SSSR count). The largest absolute Gasteiger partial charge is 0.394 e. The quantitative estimate of drug-likeness (QED) is 0.638. The van der Waals surface area contributed by atoms with Crippen LogP contribution in [0.25, 0.3) is 0 Å². The zero-order chi connectivity index (χ0) is 19.2. The van der Waals surface area contributed by atoms with Crippen molar-refractivity contribution in [1.82, 2.24) is 10.6 Å². The molecule has 1 heterocycles. The molecule has 0 bridgehead atoms. The van der Waals surface area contributed by atoms with Gasteiger partial charge in [0, 0.05) is 5.92 Å². The Morgan fingerprint density at radius 1 is 1.22 bits per heavy atom. The number of aliphatic hydroxyl groups is 1. The minimum atomic E-state index is -0.539. The van der Waals surface area contributed by atoms with Gasteiger partial charge in [-0.25, -0.2) is 0 Å². The van der Waals surface area contributed by atoms with E-state index in [9.17, 15) is 14.7 Å². The standard InChI is InChI=1S/C21H28N2O4/c1-14(15-6-3-2-4-7-15)22-20(25)12-17-10-11-18(19(13-24)27-17)23-21(26)16-8-5-9-16/h2-4,6-7,10-11,14,16-19,24H,5,8-9,12-13H2,1H3,(H,22,25)(H,23,26)/t14-,17-,18-,19+/m1/s1. The summed E-state index contributed by atoms with van der Waals surface area (Å²) in [5, 5.41) is 15.5. The van der Waals surface area contributed by atoms with Crippen LogP contribution in [0, 0.1) is 5.92 Å². The van der Waals surface area contributed by atoms with Crippen LogP contribution < -0.4 is 10.6 Å². The van der Waals surface area contributed by atoms with E-state index in [1.54, 1.807) is 6.08 Å². The van der Waals surface area contributed by atoms with Crippen LogP contribution in [0.15, 0.2) is 42.5 Å². The number of rotatable bonds is 7. The van der Waals surface area contributed by atoms with E-state index in [1.807, 2.05) is 43.3 Å². The third-order valence-electron chi connectivity index (χ3n) is 5.31. The first-order chi connectivity index (χ1) is 13.1. The van der Waals surface area contributed by atoms with Gasteiger partial charge in [-0.2, -0.15) is 0 Å². The van der Waals surface area contributed by atoms with Crippen LogP contribution >= 0.6 is 0 Å². The lowest BCUT2D eigenvalue weighted by Gasteiger charge is -2.34. The van der Waals surface area contributed by atoms with Crippen molar-refractivity contribution < 1.29 is 19.4 Å². The maximum Gasteiger partial charge on any atom is 0.223 e. The third-order valence-corrected chi connectivity index (χ3v) is 5.31. The Labute approximate surface area is 160 Å². The number of carbonyl (C=O) groups is 2. The second-order valence-corrected chi connectivity index (χ2v) is 7.35. The van der Waals surface area contributed by atoms with Crippen molar-refractivity contribution in [1.29, 1.82) is 0 Å². The van der Waals surface area contributed by atoms with Crippen LogP contribution in [0.5, 0.6) is 0 Å². The number of benzene rings is 1. The van der Waals surface area contributed by atoms with Gasteiger partial charge in [0.05, 0.1) is 31.2 Å². The van der Waals surface area contributed by atoms with E-state index in [1.165, 1.54) is 0 Å². The van der Waals surface area contributed by atoms with E-state index >= 15 is 0 Å². The topological polar surface area (TPSA) is 87.7 Å². The highest BCUT2D eigenvalue weighted by Gasteiger charge is 2.32. The summed E-state index contributed by atoms with van der Waals surface area (Å²) in [7, 11) is 0. The first kappa shape index (κ1) is 19.6. The summed E-state index contributed by atoms with van der Waals surface area (Å²) in [6.07, 6.45) is 5.80. The Bertz CT molecular complexity index is 672. The van der Waals surface area contributed by atoms with Crippen molar-refractivity contribution in [3.05, 3.63) is 48.0 Å². The minimum Gasteiger partial charge on any atom is -0.394 e. The van der Waals surface area contributed by atoms with Crippen molar-refractivity contribution >= 4 is 11.8 Å². The SMILES string of the molecule is C[C@@H](NC(=O)C[C@H]1C=C[C@@H](NC(=O)C2CCC2)[C@H](CO)O1)c1ccccc1. The summed E-state index contributed by atoms with van der Waals surface area (Å²) in [6, 6.07) is 9.32. The normalized spacial score (nSPS) is 26.1. The fraction of sp³-hybridized carbons (Fsp3) is 0.524. The molecule has 6 heteroatoms. The monoisotopic (exact) mass is 372 g/mol. The summed E-state index contributed by atoms with van der Waals surface area (Å²) in [5.41, 5.74) is 1.04. The van der Waals surface area contributed by atoms with Crippen LogP contribution in [0.3, 0.4) is 0 Å². The van der Waals surface area contributed by atoms with Gasteiger partial charge in [0.15, 0.2) is 0 Å². The Morgan fingerprint density at radius 2 is 1.96 bits per heavy atom. The van der Waals surface area contributed by atoms with Gasteiger partial charge in [0.25, 0.3) is 0 Å². The first-order valence-corrected chi connectivity index (χ1v) is 9.66. The van der Waals surface area contributed by atoms with Crippen molar-refractivity contribution in [3.8, 4) is 0 Å². The van der Waals surface area contributed by atoms with E-state index in [4.69, 9.17) is 4.74 Å². The number of ether oxygens (including phenoxy) is 1. The van der Waals surface area contributed by atoms with Crippen LogP contribution in [0.2, 0.25) is 0 Å². The number of nitrogens with one attached hydrogen (secondary N) is 2. The van der Waals surface area contributed by atoms with Gasteiger partial charge in [-0.3, -0.25) is 9.59 Å². The van der Waals surface area contributed by atoms with Crippen LogP contribution in [0.4, 0.5) is 0 Å². The molecule has 3 N–H and O–H groups in total. The summed E-state index contributed by atoms with van der Waals surface area (Å²) in [4.78, 5) is 24.5. The Balaban J connectivity index is 1.51. The zero-order valence-electron chi connectivity index (χ0n) is 15.6. The van der Waals surface area contributed by atoms with Crippen LogP contribution in [-0.2, 0) is 14.3 Å². The average molecular weight is 372 g/mol. The molecule has 0 spiro atoms. The molecule has 1 aromatic carbocycles. The van der Waals surface area contributed by atoms with E-state index in [0.717, 1.165) is 24.8 Å². The van der Waals surface area contributed by atoms with Gasteiger partial charge in [0.2, 0.25) is 11.8 Å². The summed E-state index contributed by atoms with van der Waals surface area (Å²) >= 11 is 0. The Kier molecular flexibility index (Phi) is 6.63. The Morgan fingerprint density at radius 3 is 2.59 bits per heavy atom. The van der Waals surface area contributed by atoms with Crippen LogP contribution in [-0.4, -0.2) is 41.8 Å². The van der Waals surface area contributed by atoms with Gasteiger partial charge >= 0.3 is 0 Å². The molecule has 2 aliphatic rings. The lowest BCUT2D eigenvalue weighted by atomic mass is 9.84. The molecular weight excluding hydrogens is 344 g/mol. The minimum absolute atomic E-state index is 0.0193. The van der Waals surface area contributed by atoms with E-state index in [2.05, 4.69) is 10.6 Å². The number of amides is 2. The van der Waals surface area contributed by atoms with Gasteiger partial charge in [-0.05, 0) is 25.3 Å². The molecule has 0 radical (unpaired) electrons. The molecule has 1 saturated carbocycles. The van der Waals surface area contributed by atoms with Gasteiger partial charge < -0.3 is 20.5 Å². The lowest BCUT2D eigenvalue weighted by Crippen LogP contribution is -2.51. The first-order valence-electron chi connectivity index (χ1n) is 9.66. The molecule has 4 atom stereocenters. The van der Waals surface area contributed by atoms with E-state index < -0.39 is 12.2 Å².